The van der Waals surface area contributed by atoms with Crippen LogP contribution in [-0.2, 0) is 27.1 Å². The molecule has 3 aliphatic carbocycles. The molecular weight excluding hydrogens is 558 g/mol. The highest BCUT2D eigenvalue weighted by Gasteiger charge is 2.53. The van der Waals surface area contributed by atoms with Crippen molar-refractivity contribution in [1.29, 1.82) is 0 Å². The summed E-state index contributed by atoms with van der Waals surface area (Å²) in [5, 5.41) is 8.59. The number of rotatable bonds is 8. The lowest BCUT2D eigenvalue weighted by Gasteiger charge is -2.53. The van der Waals surface area contributed by atoms with Crippen LogP contribution in [0.25, 0.3) is 11.1 Å². The van der Waals surface area contributed by atoms with E-state index in [1.54, 1.807) is 21.8 Å². The minimum absolute atomic E-state index is 0.00354. The molecule has 3 aromatic rings. The van der Waals surface area contributed by atoms with Crippen LogP contribution < -0.4 is 4.90 Å². The van der Waals surface area contributed by atoms with Crippen molar-refractivity contribution in [2.24, 2.45) is 11.3 Å². The lowest BCUT2D eigenvalue weighted by Crippen LogP contribution is -2.51. The van der Waals surface area contributed by atoms with Gasteiger partial charge in [0.15, 0.2) is 11.5 Å². The third kappa shape index (κ3) is 6.03. The van der Waals surface area contributed by atoms with Crippen molar-refractivity contribution in [3.8, 4) is 11.1 Å². The van der Waals surface area contributed by atoms with E-state index in [1.807, 2.05) is 27.0 Å². The molecule has 4 aliphatic rings. The Labute approximate surface area is 250 Å². The molecule has 0 radical (unpaired) electrons. The first-order chi connectivity index (χ1) is 20.2. The summed E-state index contributed by atoms with van der Waals surface area (Å²) >= 11 is 0. The number of fused-ring (bicyclic) bond motifs is 3. The Hall–Kier alpha value is -3.41. The number of carbonyl (C=O) groups is 1. The predicted octanol–water partition coefficient (Wildman–Crippen LogP) is 6.35. The van der Waals surface area contributed by atoms with Crippen LogP contribution in [0.2, 0.25) is 0 Å². The quantitative estimate of drug-likeness (QED) is 0.295. The molecule has 4 fully saturated rings. The van der Waals surface area contributed by atoms with Crippen molar-refractivity contribution in [2.75, 3.05) is 24.7 Å². The zero-order chi connectivity index (χ0) is 30.6. The van der Waals surface area contributed by atoms with E-state index in [0.29, 0.717) is 55.0 Å². The molecule has 0 atom stereocenters. The smallest absolute Gasteiger partial charge is 0.416 e. The average molecular weight is 599 g/mol. The molecule has 2 bridgehead atoms. The summed E-state index contributed by atoms with van der Waals surface area (Å²) in [5.74, 6) is 0.802. The Morgan fingerprint density at radius 3 is 2.40 bits per heavy atom. The topological polar surface area (TPSA) is 108 Å². The van der Waals surface area contributed by atoms with Crippen LogP contribution in [0.5, 0.6) is 0 Å². The van der Waals surface area contributed by atoms with Crippen molar-refractivity contribution in [3.05, 3.63) is 42.2 Å². The van der Waals surface area contributed by atoms with Gasteiger partial charge in [-0.1, -0.05) is 5.16 Å². The molecule has 0 unspecified atom stereocenters. The zero-order valence-corrected chi connectivity index (χ0v) is 25.5. The highest BCUT2D eigenvalue weighted by atomic mass is 19.1. The van der Waals surface area contributed by atoms with Crippen LogP contribution in [0.1, 0.15) is 84.9 Å². The summed E-state index contributed by atoms with van der Waals surface area (Å²) < 4.78 is 47.7. The summed E-state index contributed by atoms with van der Waals surface area (Å²) in [6, 6.07) is 1.61. The molecule has 7 rings (SSSR count). The van der Waals surface area contributed by atoms with Gasteiger partial charge in [0.2, 0.25) is 0 Å². The Morgan fingerprint density at radius 2 is 1.81 bits per heavy atom. The summed E-state index contributed by atoms with van der Waals surface area (Å²) in [6.07, 6.45) is 8.94. The number of pyridine rings is 1. The van der Waals surface area contributed by atoms with Gasteiger partial charge in [-0.15, -0.1) is 0 Å². The number of nitrogens with zero attached hydrogens (tertiary/aromatic N) is 6. The fourth-order valence-corrected chi connectivity index (χ4v) is 6.46. The second-order valence-electron chi connectivity index (χ2n) is 14.1. The molecule has 12 heteroatoms. The van der Waals surface area contributed by atoms with E-state index < -0.39 is 23.2 Å². The minimum atomic E-state index is -1.70. The Balaban J connectivity index is 1.25. The number of hydrogen-bond donors (Lipinski definition) is 0. The van der Waals surface area contributed by atoms with Gasteiger partial charge in [0.1, 0.15) is 17.2 Å². The van der Waals surface area contributed by atoms with Gasteiger partial charge in [-0.2, -0.15) is 10.1 Å². The number of carbonyl (C=O) groups excluding carboxylic acids is 1. The molecule has 232 valence electrons. The molecule has 1 saturated heterocycles. The van der Waals surface area contributed by atoms with Crippen LogP contribution in [0.3, 0.4) is 0 Å². The SMILES string of the molecule is CC(C)(C)OC(=O)N(CC12CCC(c3noc(C(C)(C)F)n3)(CC1)CC2)c1cc(-c2cnn(CC3COC3)c2)c(F)cn1. The first-order valence-electron chi connectivity index (χ1n) is 15.0. The number of amides is 1. The molecule has 3 saturated carbocycles. The molecular formula is C31H40F2N6O4. The highest BCUT2D eigenvalue weighted by molar-refractivity contribution is 5.87. The van der Waals surface area contributed by atoms with Gasteiger partial charge in [-0.3, -0.25) is 9.58 Å². The Kier molecular flexibility index (Phi) is 7.34. The maximum atomic E-state index is 15.1. The molecule has 0 aromatic carbocycles. The fourth-order valence-electron chi connectivity index (χ4n) is 6.46. The van der Waals surface area contributed by atoms with Crippen LogP contribution in [0.4, 0.5) is 19.4 Å². The standard InChI is InChI=1S/C31H40F2N6O4/c1-28(2,3)42-27(40)39(24-12-22(23(32)14-34-24)21-13-35-38(16-21)15-20-17-41-18-20)19-30-6-9-31(10-7-30,11-8-30)25-36-26(43-37-25)29(4,5)33/h12-14,16,20H,6-11,15,17-19H2,1-5H3. The number of anilines is 1. The van der Waals surface area contributed by atoms with Crippen molar-refractivity contribution >= 4 is 11.9 Å². The second kappa shape index (κ2) is 10.6. The van der Waals surface area contributed by atoms with Crippen molar-refractivity contribution in [1.82, 2.24) is 24.9 Å². The largest absolute Gasteiger partial charge is 0.443 e. The average Bonchev–Trinajstić information content (AvgIpc) is 3.61. The van der Waals surface area contributed by atoms with E-state index in [0.717, 1.165) is 44.7 Å². The molecule has 3 aromatic heterocycles. The van der Waals surface area contributed by atoms with E-state index in [9.17, 15) is 9.18 Å². The molecule has 0 N–H and O–H groups in total. The Morgan fingerprint density at radius 1 is 1.12 bits per heavy atom. The van der Waals surface area contributed by atoms with E-state index in [4.69, 9.17) is 14.0 Å². The van der Waals surface area contributed by atoms with Crippen LogP contribution in [-0.4, -0.2) is 56.4 Å². The van der Waals surface area contributed by atoms with Crippen molar-refractivity contribution in [2.45, 2.75) is 96.4 Å². The molecule has 0 spiro atoms. The van der Waals surface area contributed by atoms with Gasteiger partial charge in [0.05, 0.1) is 25.6 Å². The van der Waals surface area contributed by atoms with Crippen LogP contribution in [0, 0.1) is 17.2 Å². The molecule has 1 aliphatic heterocycles. The van der Waals surface area contributed by atoms with E-state index in [1.165, 1.54) is 13.8 Å². The summed E-state index contributed by atoms with van der Waals surface area (Å²) in [6.45, 7) is 10.7. The Bertz CT molecular complexity index is 1460. The summed E-state index contributed by atoms with van der Waals surface area (Å²) in [5.41, 5.74) is -1.94. The first-order valence-corrected chi connectivity index (χ1v) is 15.0. The van der Waals surface area contributed by atoms with Gasteiger partial charge in [-0.25, -0.2) is 18.6 Å². The monoisotopic (exact) mass is 598 g/mol. The predicted molar refractivity (Wildman–Crippen MR) is 154 cm³/mol. The van der Waals surface area contributed by atoms with Gasteiger partial charge in [0.25, 0.3) is 5.89 Å². The molecule has 43 heavy (non-hydrogen) atoms. The first kappa shape index (κ1) is 29.7. The maximum Gasteiger partial charge on any atom is 0.416 e. The van der Waals surface area contributed by atoms with Gasteiger partial charge in [0, 0.05) is 41.7 Å². The highest BCUT2D eigenvalue weighted by Crippen LogP contribution is 2.57. The molecule has 1 amide bonds. The van der Waals surface area contributed by atoms with Crippen molar-refractivity contribution < 1.29 is 27.6 Å². The van der Waals surface area contributed by atoms with Crippen LogP contribution in [0.15, 0.2) is 29.2 Å². The van der Waals surface area contributed by atoms with E-state index >= 15 is 4.39 Å². The van der Waals surface area contributed by atoms with Gasteiger partial charge >= 0.3 is 6.09 Å². The van der Waals surface area contributed by atoms with Crippen LogP contribution >= 0.6 is 0 Å². The van der Waals surface area contributed by atoms with Gasteiger partial charge in [-0.05, 0) is 84.6 Å². The number of ether oxygens (including phenoxy) is 2. The number of hydrogen-bond acceptors (Lipinski definition) is 8. The second-order valence-corrected chi connectivity index (χ2v) is 14.1. The van der Waals surface area contributed by atoms with E-state index in [-0.39, 0.29) is 16.7 Å². The fraction of sp³-hybridized carbons (Fsp3) is 0.645. The van der Waals surface area contributed by atoms with Gasteiger partial charge < -0.3 is 14.0 Å². The van der Waals surface area contributed by atoms with E-state index in [2.05, 4.69) is 20.2 Å². The number of halogens is 2. The van der Waals surface area contributed by atoms with Crippen molar-refractivity contribution in [3.63, 3.8) is 0 Å². The third-order valence-corrected chi connectivity index (χ3v) is 9.13. The molecule has 4 heterocycles. The lowest BCUT2D eigenvalue weighted by molar-refractivity contribution is -0.0408. The maximum absolute atomic E-state index is 15.1. The summed E-state index contributed by atoms with van der Waals surface area (Å²) in [7, 11) is 0. The number of alkyl halides is 1. The minimum Gasteiger partial charge on any atom is -0.443 e. The zero-order valence-electron chi connectivity index (χ0n) is 25.5. The normalized spacial score (nSPS) is 24.2. The third-order valence-electron chi connectivity index (χ3n) is 9.13. The molecule has 10 nitrogen and oxygen atoms in total. The number of aromatic nitrogens is 5. The lowest BCUT2D eigenvalue weighted by atomic mass is 9.53. The summed E-state index contributed by atoms with van der Waals surface area (Å²) in [4.78, 5) is 24.0.